The Morgan fingerprint density at radius 3 is 2.61 bits per heavy atom. The molecule has 33 heavy (non-hydrogen) atoms. The van der Waals surface area contributed by atoms with Gasteiger partial charge in [-0.1, -0.05) is 35.9 Å². The normalized spacial score (nSPS) is 15.3. The van der Waals surface area contributed by atoms with Gasteiger partial charge in [0.1, 0.15) is 5.82 Å². The van der Waals surface area contributed by atoms with Crippen molar-refractivity contribution in [1.82, 2.24) is 4.98 Å². The van der Waals surface area contributed by atoms with E-state index in [1.54, 1.807) is 36.4 Å². The SMILES string of the molecule is CN(c1ccc(Cl)cc1)S(=O)(=O)Nc1ccc2nc(N[C@@H]3CCc4ccccc43)ccc2c1. The molecule has 1 aliphatic carbocycles. The molecule has 0 bridgehead atoms. The van der Waals surface area contributed by atoms with E-state index in [1.165, 1.54) is 22.5 Å². The Morgan fingerprint density at radius 2 is 1.79 bits per heavy atom. The van der Waals surface area contributed by atoms with E-state index in [0.29, 0.717) is 16.4 Å². The quantitative estimate of drug-likeness (QED) is 0.368. The van der Waals surface area contributed by atoms with Crippen molar-refractivity contribution in [2.24, 2.45) is 0 Å². The Labute approximate surface area is 198 Å². The van der Waals surface area contributed by atoms with E-state index in [-0.39, 0.29) is 6.04 Å². The van der Waals surface area contributed by atoms with Crippen molar-refractivity contribution in [3.05, 3.63) is 95.0 Å². The fourth-order valence-electron chi connectivity index (χ4n) is 4.16. The number of hydrogen-bond acceptors (Lipinski definition) is 4. The third-order valence-corrected chi connectivity index (χ3v) is 7.62. The maximum Gasteiger partial charge on any atom is 0.323 e. The molecule has 3 aromatic carbocycles. The highest BCUT2D eigenvalue weighted by atomic mass is 35.5. The van der Waals surface area contributed by atoms with E-state index in [1.807, 2.05) is 18.2 Å². The number of nitrogens with zero attached hydrogens (tertiary/aromatic N) is 2. The van der Waals surface area contributed by atoms with E-state index < -0.39 is 10.2 Å². The Bertz CT molecular complexity index is 1420. The number of aromatic nitrogens is 1. The first-order chi connectivity index (χ1) is 15.9. The van der Waals surface area contributed by atoms with Crippen LogP contribution in [0.5, 0.6) is 0 Å². The fourth-order valence-corrected chi connectivity index (χ4v) is 5.25. The molecule has 0 radical (unpaired) electrons. The van der Waals surface area contributed by atoms with Crippen LogP contribution < -0.4 is 14.3 Å². The van der Waals surface area contributed by atoms with Gasteiger partial charge < -0.3 is 5.32 Å². The lowest BCUT2D eigenvalue weighted by atomic mass is 10.1. The fraction of sp³-hybridized carbons (Fsp3) is 0.160. The van der Waals surface area contributed by atoms with Gasteiger partial charge in [-0.15, -0.1) is 0 Å². The van der Waals surface area contributed by atoms with Gasteiger partial charge in [-0.2, -0.15) is 8.42 Å². The topological polar surface area (TPSA) is 74.3 Å². The molecule has 5 rings (SSSR count). The molecule has 0 saturated carbocycles. The summed E-state index contributed by atoms with van der Waals surface area (Å²) in [7, 11) is -2.30. The molecule has 6 nitrogen and oxygen atoms in total. The second-order valence-corrected chi connectivity index (χ2v) is 10.2. The molecule has 1 aromatic heterocycles. The van der Waals surface area contributed by atoms with Crippen LogP contribution >= 0.6 is 11.6 Å². The van der Waals surface area contributed by atoms with Crippen LogP contribution in [0.3, 0.4) is 0 Å². The molecule has 0 aliphatic heterocycles. The summed E-state index contributed by atoms with van der Waals surface area (Å²) in [6, 6.07) is 24.6. The van der Waals surface area contributed by atoms with Crippen LogP contribution in [0.25, 0.3) is 10.9 Å². The lowest BCUT2D eigenvalue weighted by Gasteiger charge is -2.20. The maximum absolute atomic E-state index is 12.8. The van der Waals surface area contributed by atoms with E-state index in [9.17, 15) is 8.42 Å². The number of aryl methyl sites for hydroxylation is 1. The van der Waals surface area contributed by atoms with Gasteiger partial charge in [-0.3, -0.25) is 9.03 Å². The molecule has 4 aromatic rings. The van der Waals surface area contributed by atoms with Gasteiger partial charge in [-0.25, -0.2) is 4.98 Å². The van der Waals surface area contributed by atoms with Gasteiger partial charge in [0.15, 0.2) is 0 Å². The Kier molecular flexibility index (Phi) is 5.60. The predicted molar refractivity (Wildman–Crippen MR) is 135 cm³/mol. The Hall–Kier alpha value is -3.29. The van der Waals surface area contributed by atoms with Gasteiger partial charge in [0.2, 0.25) is 0 Å². The number of nitrogens with one attached hydrogen (secondary N) is 2. The van der Waals surface area contributed by atoms with Crippen molar-refractivity contribution in [1.29, 1.82) is 0 Å². The third kappa shape index (κ3) is 4.47. The summed E-state index contributed by atoms with van der Waals surface area (Å²) >= 11 is 5.90. The molecular formula is C25H23ClN4O2S. The van der Waals surface area contributed by atoms with Gasteiger partial charge in [0.25, 0.3) is 0 Å². The van der Waals surface area contributed by atoms with E-state index in [2.05, 4.69) is 34.3 Å². The predicted octanol–water partition coefficient (Wildman–Crippen LogP) is 5.78. The van der Waals surface area contributed by atoms with Crippen LogP contribution in [0, 0.1) is 0 Å². The number of pyridine rings is 1. The molecular weight excluding hydrogens is 456 g/mol. The number of anilines is 3. The highest BCUT2D eigenvalue weighted by Gasteiger charge is 2.22. The minimum Gasteiger partial charge on any atom is -0.363 e. The summed E-state index contributed by atoms with van der Waals surface area (Å²) in [5.41, 5.74) is 4.49. The van der Waals surface area contributed by atoms with E-state index in [4.69, 9.17) is 16.6 Å². The number of fused-ring (bicyclic) bond motifs is 2. The molecule has 0 amide bonds. The first-order valence-corrected chi connectivity index (χ1v) is 12.5. The molecule has 0 spiro atoms. The zero-order valence-electron chi connectivity index (χ0n) is 18.0. The molecule has 0 unspecified atom stereocenters. The maximum atomic E-state index is 12.8. The number of benzene rings is 3. The van der Waals surface area contributed by atoms with Crippen LogP contribution in [0.1, 0.15) is 23.6 Å². The summed E-state index contributed by atoms with van der Waals surface area (Å²) in [5, 5.41) is 4.94. The molecule has 0 fully saturated rings. The van der Waals surface area contributed by atoms with Gasteiger partial charge in [-0.05, 0) is 78.6 Å². The summed E-state index contributed by atoms with van der Waals surface area (Å²) in [4.78, 5) is 4.73. The standard InChI is InChI=1S/C25H23ClN4O2S/c1-30(21-11-8-19(26)9-12-21)33(31,32)29-20-10-14-23-18(16-20)7-15-25(27-23)28-24-13-6-17-4-2-3-5-22(17)24/h2-5,7-12,14-16,24,29H,6,13H2,1H3,(H,27,28)/t24-/m1/s1. The molecule has 1 atom stereocenters. The van der Waals surface area contributed by atoms with Gasteiger partial charge >= 0.3 is 10.2 Å². The summed E-state index contributed by atoms with van der Waals surface area (Å²) in [6.07, 6.45) is 2.11. The molecule has 8 heteroatoms. The lowest BCUT2D eigenvalue weighted by Crippen LogP contribution is -2.32. The minimum absolute atomic E-state index is 0.251. The highest BCUT2D eigenvalue weighted by molar-refractivity contribution is 7.94. The van der Waals surface area contributed by atoms with Crippen LogP contribution in [0.4, 0.5) is 17.2 Å². The first kappa shape index (κ1) is 21.6. The van der Waals surface area contributed by atoms with E-state index >= 15 is 0 Å². The zero-order chi connectivity index (χ0) is 23.0. The van der Waals surface area contributed by atoms with Crippen molar-refractivity contribution >= 4 is 49.9 Å². The third-order valence-electron chi connectivity index (χ3n) is 5.94. The Morgan fingerprint density at radius 1 is 1.00 bits per heavy atom. The van der Waals surface area contributed by atoms with Crippen molar-refractivity contribution in [2.45, 2.75) is 18.9 Å². The lowest BCUT2D eigenvalue weighted by molar-refractivity contribution is 0.599. The number of rotatable bonds is 6. The largest absolute Gasteiger partial charge is 0.363 e. The van der Waals surface area contributed by atoms with Crippen LogP contribution in [-0.4, -0.2) is 20.4 Å². The zero-order valence-corrected chi connectivity index (χ0v) is 19.6. The summed E-state index contributed by atoms with van der Waals surface area (Å²) < 4.78 is 29.5. The number of hydrogen-bond donors (Lipinski definition) is 2. The second kappa shape index (κ2) is 8.57. The van der Waals surface area contributed by atoms with Gasteiger partial charge in [0, 0.05) is 17.5 Å². The average molecular weight is 479 g/mol. The first-order valence-electron chi connectivity index (χ1n) is 10.7. The van der Waals surface area contributed by atoms with Gasteiger partial charge in [0.05, 0.1) is 22.9 Å². The van der Waals surface area contributed by atoms with Crippen molar-refractivity contribution < 1.29 is 8.42 Å². The monoisotopic (exact) mass is 478 g/mol. The smallest absolute Gasteiger partial charge is 0.323 e. The van der Waals surface area contributed by atoms with Crippen LogP contribution in [0.2, 0.25) is 5.02 Å². The van der Waals surface area contributed by atoms with Crippen molar-refractivity contribution in [2.75, 3.05) is 21.4 Å². The molecule has 0 saturated heterocycles. The Balaban J connectivity index is 1.33. The second-order valence-electron chi connectivity index (χ2n) is 8.09. The highest BCUT2D eigenvalue weighted by Crippen LogP contribution is 2.33. The van der Waals surface area contributed by atoms with Crippen LogP contribution in [0.15, 0.2) is 78.9 Å². The molecule has 2 N–H and O–H groups in total. The average Bonchev–Trinajstić information content (AvgIpc) is 3.22. The van der Waals surface area contributed by atoms with E-state index in [0.717, 1.165) is 29.6 Å². The molecule has 1 aliphatic rings. The number of halogens is 1. The minimum atomic E-state index is -3.79. The molecule has 168 valence electrons. The molecule has 1 heterocycles. The van der Waals surface area contributed by atoms with Crippen LogP contribution in [-0.2, 0) is 16.6 Å². The summed E-state index contributed by atoms with van der Waals surface area (Å²) in [6.45, 7) is 0. The van der Waals surface area contributed by atoms with Crippen molar-refractivity contribution in [3.8, 4) is 0 Å². The summed E-state index contributed by atoms with van der Waals surface area (Å²) in [5.74, 6) is 0.806. The van der Waals surface area contributed by atoms with Crippen molar-refractivity contribution in [3.63, 3.8) is 0 Å².